The third-order valence-corrected chi connectivity index (χ3v) is 4.26. The molecule has 0 fully saturated rings. The molecule has 0 aromatic heterocycles. The lowest BCUT2D eigenvalue weighted by Gasteiger charge is -2.17. The molecule has 2 atom stereocenters. The molecule has 1 aromatic rings. The van der Waals surface area contributed by atoms with Gasteiger partial charge in [-0.15, -0.1) is 0 Å². The maximum Gasteiger partial charge on any atom is 0.471 e. The average Bonchev–Trinajstić information content (AvgIpc) is 2.84. The number of halogens is 3. The lowest BCUT2D eigenvalue weighted by molar-refractivity contribution is -0.173. The number of esters is 1. The van der Waals surface area contributed by atoms with Gasteiger partial charge in [-0.25, -0.2) is 4.79 Å². The van der Waals surface area contributed by atoms with Gasteiger partial charge in [0.25, 0.3) is 5.91 Å². The highest BCUT2D eigenvalue weighted by Gasteiger charge is 2.38. The van der Waals surface area contributed by atoms with Gasteiger partial charge < -0.3 is 29.6 Å². The summed E-state index contributed by atoms with van der Waals surface area (Å²) in [5.41, 5.74) is 8.88. The standard InChI is InChI=1S/C21H28F3N5O7/c1-3-16(19(31)33-4-2)34-10-11-35-17(28-29-25)13-36-15-7-5-6-14(12-15)18(30)26-8-9-27-20(32)21(22,23)24/h5-7,12,16-17H,3-4,8-11,13H2,1-2H3,(H,26,30)(H,27,32). The summed E-state index contributed by atoms with van der Waals surface area (Å²) in [5.74, 6) is -2.95. The lowest BCUT2D eigenvalue weighted by Crippen LogP contribution is -2.41. The van der Waals surface area contributed by atoms with E-state index >= 15 is 0 Å². The molecule has 0 aliphatic carbocycles. The first-order chi connectivity index (χ1) is 17.1. The van der Waals surface area contributed by atoms with Crippen LogP contribution >= 0.6 is 0 Å². The number of nitrogens with zero attached hydrogens (tertiary/aromatic N) is 3. The number of nitrogens with one attached hydrogen (secondary N) is 2. The second-order valence-corrected chi connectivity index (χ2v) is 6.90. The molecule has 2 amide bonds. The van der Waals surface area contributed by atoms with Crippen LogP contribution in [0.3, 0.4) is 0 Å². The van der Waals surface area contributed by atoms with E-state index in [1.807, 2.05) is 0 Å². The van der Waals surface area contributed by atoms with Gasteiger partial charge in [0, 0.05) is 23.6 Å². The fraction of sp³-hybridized carbons (Fsp3) is 0.571. The average molecular weight is 519 g/mol. The summed E-state index contributed by atoms with van der Waals surface area (Å²) in [7, 11) is 0. The summed E-state index contributed by atoms with van der Waals surface area (Å²) < 4.78 is 57.6. The van der Waals surface area contributed by atoms with Crippen LogP contribution in [0.25, 0.3) is 10.4 Å². The van der Waals surface area contributed by atoms with Crippen molar-refractivity contribution in [1.29, 1.82) is 0 Å². The van der Waals surface area contributed by atoms with Gasteiger partial charge in [-0.2, -0.15) is 13.2 Å². The fourth-order valence-corrected chi connectivity index (χ4v) is 2.58. The maximum atomic E-state index is 12.2. The third-order valence-electron chi connectivity index (χ3n) is 4.26. The van der Waals surface area contributed by atoms with Gasteiger partial charge in [-0.05, 0) is 37.1 Å². The van der Waals surface area contributed by atoms with E-state index < -0.39 is 42.8 Å². The maximum absolute atomic E-state index is 12.2. The van der Waals surface area contributed by atoms with Crippen LogP contribution in [0.2, 0.25) is 0 Å². The Kier molecular flexibility index (Phi) is 13.7. The number of amides is 2. The summed E-state index contributed by atoms with van der Waals surface area (Å²) in [6.45, 7) is 2.87. The van der Waals surface area contributed by atoms with Gasteiger partial charge >= 0.3 is 18.1 Å². The number of carbonyl (C=O) groups is 3. The highest BCUT2D eigenvalue weighted by Crippen LogP contribution is 2.15. The molecular formula is C21H28F3N5O7. The molecule has 0 saturated heterocycles. The Morgan fingerprint density at radius 1 is 1.11 bits per heavy atom. The Hall–Kier alpha value is -3.55. The van der Waals surface area contributed by atoms with Crippen LogP contribution in [0.4, 0.5) is 13.2 Å². The zero-order valence-electron chi connectivity index (χ0n) is 19.7. The zero-order chi connectivity index (χ0) is 27.0. The van der Waals surface area contributed by atoms with E-state index in [4.69, 9.17) is 24.5 Å². The summed E-state index contributed by atoms with van der Waals surface area (Å²) in [6.07, 6.45) is -6.36. The third kappa shape index (κ3) is 11.7. The topological polar surface area (TPSA) is 161 Å². The van der Waals surface area contributed by atoms with Crippen molar-refractivity contribution in [3.05, 3.63) is 40.3 Å². The van der Waals surface area contributed by atoms with E-state index in [-0.39, 0.29) is 44.3 Å². The molecule has 0 radical (unpaired) electrons. The van der Waals surface area contributed by atoms with Gasteiger partial charge in [-0.3, -0.25) is 9.59 Å². The number of carbonyl (C=O) groups excluding carboxylic acids is 3. The van der Waals surface area contributed by atoms with Crippen LogP contribution in [0.1, 0.15) is 30.6 Å². The van der Waals surface area contributed by atoms with E-state index in [0.717, 1.165) is 0 Å². The van der Waals surface area contributed by atoms with Crippen LogP contribution in [0.15, 0.2) is 29.4 Å². The Balaban J connectivity index is 2.50. The summed E-state index contributed by atoms with van der Waals surface area (Å²) in [4.78, 5) is 37.3. The van der Waals surface area contributed by atoms with Gasteiger partial charge in [-0.1, -0.05) is 18.1 Å². The molecule has 1 rings (SSSR count). The lowest BCUT2D eigenvalue weighted by atomic mass is 10.2. The second-order valence-electron chi connectivity index (χ2n) is 6.90. The molecule has 1 aromatic carbocycles. The van der Waals surface area contributed by atoms with Gasteiger partial charge in [0.15, 0.2) is 12.3 Å². The predicted molar refractivity (Wildman–Crippen MR) is 119 cm³/mol. The summed E-state index contributed by atoms with van der Waals surface area (Å²) >= 11 is 0. The number of alkyl halides is 3. The molecule has 200 valence electrons. The van der Waals surface area contributed by atoms with Gasteiger partial charge in [0.2, 0.25) is 0 Å². The van der Waals surface area contributed by atoms with Crippen molar-refractivity contribution in [3.63, 3.8) is 0 Å². The number of hydrogen-bond acceptors (Lipinski definition) is 8. The first-order valence-electron chi connectivity index (χ1n) is 10.9. The first kappa shape index (κ1) is 30.5. The van der Waals surface area contributed by atoms with Crippen LogP contribution in [0, 0.1) is 0 Å². The first-order valence-corrected chi connectivity index (χ1v) is 10.9. The predicted octanol–water partition coefficient (Wildman–Crippen LogP) is 2.48. The quantitative estimate of drug-likeness (QED) is 0.111. The second kappa shape index (κ2) is 16.2. The molecule has 0 aliphatic heterocycles. The van der Waals surface area contributed by atoms with Crippen LogP contribution in [-0.4, -0.2) is 75.8 Å². The summed E-state index contributed by atoms with van der Waals surface area (Å²) in [5, 5.41) is 7.48. The highest BCUT2D eigenvalue weighted by atomic mass is 19.4. The van der Waals surface area contributed by atoms with Crippen molar-refractivity contribution in [2.75, 3.05) is 39.5 Å². The minimum Gasteiger partial charge on any atom is -0.491 e. The fourth-order valence-electron chi connectivity index (χ4n) is 2.58. The molecule has 12 nitrogen and oxygen atoms in total. The van der Waals surface area contributed by atoms with E-state index in [0.29, 0.717) is 6.42 Å². The molecule has 2 unspecified atom stereocenters. The van der Waals surface area contributed by atoms with Gasteiger partial charge in [0.05, 0.1) is 19.8 Å². The molecule has 15 heteroatoms. The monoisotopic (exact) mass is 519 g/mol. The van der Waals surface area contributed by atoms with Crippen molar-refractivity contribution >= 4 is 17.8 Å². The van der Waals surface area contributed by atoms with E-state index in [9.17, 15) is 27.6 Å². The van der Waals surface area contributed by atoms with Gasteiger partial charge in [0.1, 0.15) is 12.4 Å². The number of hydrogen-bond donors (Lipinski definition) is 2. The Bertz CT molecular complexity index is 910. The largest absolute Gasteiger partial charge is 0.491 e. The number of azide groups is 1. The zero-order valence-corrected chi connectivity index (χ0v) is 19.7. The number of ether oxygens (including phenoxy) is 4. The van der Waals surface area contributed by atoms with E-state index in [1.54, 1.807) is 19.2 Å². The molecule has 0 bridgehead atoms. The number of benzene rings is 1. The smallest absolute Gasteiger partial charge is 0.471 e. The van der Waals surface area contributed by atoms with Crippen molar-refractivity contribution in [3.8, 4) is 5.75 Å². The SMILES string of the molecule is CCOC(=O)C(CC)OCCOC(COc1cccc(C(=O)NCCNC(=O)C(F)(F)F)c1)N=[N+]=[N-]. The Morgan fingerprint density at radius 2 is 1.81 bits per heavy atom. The molecule has 36 heavy (non-hydrogen) atoms. The van der Waals surface area contributed by atoms with Crippen LogP contribution in [-0.2, 0) is 23.8 Å². The normalized spacial score (nSPS) is 12.6. The molecule has 0 aliphatic rings. The molecule has 0 spiro atoms. The Morgan fingerprint density at radius 3 is 2.44 bits per heavy atom. The van der Waals surface area contributed by atoms with E-state index in [2.05, 4.69) is 15.3 Å². The molecule has 0 heterocycles. The molecule has 2 N–H and O–H groups in total. The highest BCUT2D eigenvalue weighted by molar-refractivity contribution is 5.94. The van der Waals surface area contributed by atoms with Crippen molar-refractivity contribution < 1.29 is 46.5 Å². The summed E-state index contributed by atoms with van der Waals surface area (Å²) in [6, 6.07) is 5.85. The molecule has 0 saturated carbocycles. The van der Waals surface area contributed by atoms with E-state index in [1.165, 1.54) is 24.3 Å². The number of rotatable bonds is 16. The molecular weight excluding hydrogens is 491 g/mol. The van der Waals surface area contributed by atoms with Crippen molar-refractivity contribution in [2.45, 2.75) is 38.8 Å². The minimum absolute atomic E-state index is 0.00370. The minimum atomic E-state index is -5.00. The van der Waals surface area contributed by atoms with Crippen LogP contribution < -0.4 is 15.4 Å². The van der Waals surface area contributed by atoms with Crippen LogP contribution in [0.5, 0.6) is 5.75 Å². The van der Waals surface area contributed by atoms with Crippen molar-refractivity contribution in [2.24, 2.45) is 5.11 Å². The Labute approximate surface area is 205 Å². The van der Waals surface area contributed by atoms with Crippen molar-refractivity contribution in [1.82, 2.24) is 10.6 Å².